The number of likely N-dealkylation sites (N-methyl/N-ethyl adjacent to an activating group) is 1. The summed E-state index contributed by atoms with van der Waals surface area (Å²) in [6.45, 7) is 5.65. The zero-order chi connectivity index (χ0) is 31.6. The van der Waals surface area contributed by atoms with Gasteiger partial charge in [-0.2, -0.15) is 0 Å². The van der Waals surface area contributed by atoms with Crippen molar-refractivity contribution in [1.82, 2.24) is 15.5 Å². The normalized spacial score (nSPS) is 12.1. The summed E-state index contributed by atoms with van der Waals surface area (Å²) >= 11 is 0. The Labute approximate surface area is 260 Å². The number of nitrogens with zero attached hydrogens (tertiary/aromatic N) is 1. The highest BCUT2D eigenvalue weighted by atomic mass is 16.6. The van der Waals surface area contributed by atoms with Crippen molar-refractivity contribution in [3.63, 3.8) is 0 Å². The number of rotatable bonds is 11. The summed E-state index contributed by atoms with van der Waals surface area (Å²) in [6, 6.07) is 37.9. The number of ether oxygens (including phenoxy) is 1. The maximum absolute atomic E-state index is 14.1. The van der Waals surface area contributed by atoms with E-state index in [-0.39, 0.29) is 12.3 Å². The van der Waals surface area contributed by atoms with Gasteiger partial charge in [-0.3, -0.25) is 9.59 Å². The number of amides is 3. The Morgan fingerprint density at radius 2 is 1.14 bits per heavy atom. The van der Waals surface area contributed by atoms with Crippen molar-refractivity contribution in [2.24, 2.45) is 0 Å². The van der Waals surface area contributed by atoms with E-state index in [1.165, 1.54) is 0 Å². The summed E-state index contributed by atoms with van der Waals surface area (Å²) in [6.07, 6.45) is -0.421. The quantitative estimate of drug-likeness (QED) is 0.207. The molecule has 0 spiro atoms. The van der Waals surface area contributed by atoms with Gasteiger partial charge in [0.2, 0.25) is 11.8 Å². The van der Waals surface area contributed by atoms with Crippen molar-refractivity contribution in [3.05, 3.63) is 144 Å². The predicted octanol–water partition coefficient (Wildman–Crippen LogP) is 6.08. The molecule has 0 saturated carbocycles. The van der Waals surface area contributed by atoms with E-state index in [9.17, 15) is 14.4 Å². The Bertz CT molecular complexity index is 1410. The molecule has 0 fully saturated rings. The molecular formula is C37H41N3O4. The van der Waals surface area contributed by atoms with Gasteiger partial charge < -0.3 is 20.3 Å². The van der Waals surface area contributed by atoms with Crippen LogP contribution in [0.2, 0.25) is 0 Å². The molecule has 3 amide bonds. The van der Waals surface area contributed by atoms with Crippen LogP contribution >= 0.6 is 0 Å². The highest BCUT2D eigenvalue weighted by Crippen LogP contribution is 2.37. The van der Waals surface area contributed by atoms with Gasteiger partial charge in [0, 0.05) is 13.6 Å². The summed E-state index contributed by atoms with van der Waals surface area (Å²) in [7, 11) is 1.68. The Morgan fingerprint density at radius 3 is 1.57 bits per heavy atom. The lowest BCUT2D eigenvalue weighted by Crippen LogP contribution is -2.53. The van der Waals surface area contributed by atoms with Crippen LogP contribution in [0.25, 0.3) is 0 Å². The molecular weight excluding hydrogens is 550 g/mol. The second-order valence-electron chi connectivity index (χ2n) is 11.8. The monoisotopic (exact) mass is 591 g/mol. The van der Waals surface area contributed by atoms with E-state index < -0.39 is 29.2 Å². The van der Waals surface area contributed by atoms with Crippen LogP contribution in [0, 0.1) is 0 Å². The van der Waals surface area contributed by atoms with Crippen molar-refractivity contribution in [2.45, 2.75) is 50.8 Å². The smallest absolute Gasteiger partial charge is 0.408 e. The average Bonchev–Trinajstić information content (AvgIpc) is 3.02. The number of hydrogen-bond donors (Lipinski definition) is 2. The first-order valence-corrected chi connectivity index (χ1v) is 14.8. The summed E-state index contributed by atoms with van der Waals surface area (Å²) in [5.41, 5.74) is 1.82. The molecule has 7 nitrogen and oxygen atoms in total. The number of carbonyl (C=O) groups excluding carboxylic acids is 3. The van der Waals surface area contributed by atoms with Crippen molar-refractivity contribution in [2.75, 3.05) is 13.6 Å². The van der Waals surface area contributed by atoms with Crippen LogP contribution in [-0.4, -0.2) is 48.0 Å². The van der Waals surface area contributed by atoms with Crippen molar-refractivity contribution in [3.8, 4) is 0 Å². The lowest BCUT2D eigenvalue weighted by molar-refractivity contribution is -0.135. The number of alkyl carbamates (subject to hydrolysis) is 1. The Balaban J connectivity index is 1.66. The summed E-state index contributed by atoms with van der Waals surface area (Å²) < 4.78 is 5.47. The van der Waals surface area contributed by atoms with E-state index in [2.05, 4.69) is 10.6 Å². The number of nitrogens with one attached hydrogen (secondary N) is 2. The maximum Gasteiger partial charge on any atom is 0.408 e. The summed E-state index contributed by atoms with van der Waals surface area (Å²) in [5.74, 6) is -0.792. The molecule has 0 radical (unpaired) electrons. The maximum atomic E-state index is 14.1. The van der Waals surface area contributed by atoms with E-state index >= 15 is 0 Å². The van der Waals surface area contributed by atoms with E-state index in [0.717, 1.165) is 22.3 Å². The van der Waals surface area contributed by atoms with Gasteiger partial charge >= 0.3 is 6.09 Å². The molecule has 4 rings (SSSR count). The van der Waals surface area contributed by atoms with Crippen LogP contribution in [0.4, 0.5) is 4.79 Å². The molecule has 0 aromatic heterocycles. The minimum absolute atomic E-state index is 0.290. The van der Waals surface area contributed by atoms with Gasteiger partial charge in [-0.25, -0.2) is 4.79 Å². The molecule has 0 aliphatic carbocycles. The van der Waals surface area contributed by atoms with Crippen molar-refractivity contribution >= 4 is 17.9 Å². The van der Waals surface area contributed by atoms with Gasteiger partial charge in [-0.1, -0.05) is 121 Å². The molecule has 0 saturated heterocycles. The minimum atomic E-state index is -1.15. The summed E-state index contributed by atoms with van der Waals surface area (Å²) in [5, 5.41) is 5.96. The standard InChI is InChI=1S/C37H41N3O4/c1-36(2,3)44-35(43)38-32(34(42)40(4)26-25-28-17-9-5-10-18-28)27-33(41)39-37(29-19-11-6-12-20-29,30-21-13-7-14-22-30)31-23-15-8-16-24-31/h5-24,32H,25-27H2,1-4H3,(H,38,43)(H,39,41)/t32-/m1/s1. The van der Waals surface area contributed by atoms with Crippen molar-refractivity contribution < 1.29 is 19.1 Å². The number of carbonyl (C=O) groups is 3. The van der Waals surface area contributed by atoms with E-state index in [1.54, 1.807) is 32.7 Å². The molecule has 228 valence electrons. The fraction of sp³-hybridized carbons (Fsp3) is 0.270. The highest BCUT2D eigenvalue weighted by Gasteiger charge is 2.39. The topological polar surface area (TPSA) is 87.7 Å². The third-order valence-electron chi connectivity index (χ3n) is 7.28. The predicted molar refractivity (Wildman–Crippen MR) is 173 cm³/mol. The van der Waals surface area contributed by atoms with Crippen LogP contribution in [0.5, 0.6) is 0 Å². The Kier molecular flexibility index (Phi) is 10.6. The molecule has 0 bridgehead atoms. The van der Waals surface area contributed by atoms with E-state index in [4.69, 9.17) is 4.74 Å². The zero-order valence-corrected chi connectivity index (χ0v) is 25.8. The lowest BCUT2D eigenvalue weighted by atomic mass is 9.77. The largest absolute Gasteiger partial charge is 0.444 e. The molecule has 4 aromatic rings. The van der Waals surface area contributed by atoms with Crippen molar-refractivity contribution in [1.29, 1.82) is 0 Å². The van der Waals surface area contributed by atoms with Gasteiger partial charge in [-0.05, 0) is 49.4 Å². The van der Waals surface area contributed by atoms with Crippen LogP contribution in [0.15, 0.2) is 121 Å². The molecule has 4 aromatic carbocycles. The van der Waals surface area contributed by atoms with Crippen LogP contribution in [-0.2, 0) is 26.3 Å². The third-order valence-corrected chi connectivity index (χ3v) is 7.28. The molecule has 0 heterocycles. The molecule has 0 unspecified atom stereocenters. The Hall–Kier alpha value is -4.91. The third kappa shape index (κ3) is 8.34. The molecule has 1 atom stereocenters. The molecule has 7 heteroatoms. The second-order valence-corrected chi connectivity index (χ2v) is 11.8. The van der Waals surface area contributed by atoms with E-state index in [1.807, 2.05) is 121 Å². The van der Waals surface area contributed by atoms with Crippen LogP contribution in [0.3, 0.4) is 0 Å². The number of benzene rings is 4. The first-order chi connectivity index (χ1) is 21.1. The van der Waals surface area contributed by atoms with Gasteiger partial charge in [-0.15, -0.1) is 0 Å². The van der Waals surface area contributed by atoms with Crippen LogP contribution < -0.4 is 10.6 Å². The first kappa shape index (κ1) is 32.0. The highest BCUT2D eigenvalue weighted by molar-refractivity contribution is 5.91. The second kappa shape index (κ2) is 14.5. The Morgan fingerprint density at radius 1 is 0.705 bits per heavy atom. The summed E-state index contributed by atoms with van der Waals surface area (Å²) in [4.78, 5) is 42.3. The van der Waals surface area contributed by atoms with Crippen LogP contribution in [0.1, 0.15) is 49.4 Å². The fourth-order valence-corrected chi connectivity index (χ4v) is 5.19. The van der Waals surface area contributed by atoms with Gasteiger partial charge in [0.1, 0.15) is 17.2 Å². The SMILES string of the molecule is CN(CCc1ccccc1)C(=O)[C@@H](CC(=O)NC(c1ccccc1)(c1ccccc1)c1ccccc1)NC(=O)OC(C)(C)C. The molecule has 2 N–H and O–H groups in total. The first-order valence-electron chi connectivity index (χ1n) is 14.8. The van der Waals surface area contributed by atoms with E-state index in [0.29, 0.717) is 13.0 Å². The minimum Gasteiger partial charge on any atom is -0.444 e. The molecule has 44 heavy (non-hydrogen) atoms. The fourth-order valence-electron chi connectivity index (χ4n) is 5.19. The molecule has 0 aliphatic heterocycles. The average molecular weight is 592 g/mol. The lowest BCUT2D eigenvalue weighted by Gasteiger charge is -2.37. The van der Waals surface area contributed by atoms with Gasteiger partial charge in [0.15, 0.2) is 0 Å². The zero-order valence-electron chi connectivity index (χ0n) is 25.8. The molecule has 0 aliphatic rings. The van der Waals surface area contributed by atoms with Gasteiger partial charge in [0.05, 0.1) is 6.42 Å². The van der Waals surface area contributed by atoms with Gasteiger partial charge in [0.25, 0.3) is 0 Å². The number of hydrogen-bond acceptors (Lipinski definition) is 4.